The molecule has 2 N–H and O–H groups in total. The fourth-order valence-electron chi connectivity index (χ4n) is 2.18. The molecule has 1 aromatic carbocycles. The first kappa shape index (κ1) is 20.3. The van der Waals surface area contributed by atoms with Crippen molar-refractivity contribution in [1.29, 1.82) is 0 Å². The third-order valence-corrected chi connectivity index (χ3v) is 4.23. The molecule has 144 valence electrons. The Balaban J connectivity index is 2.16. The molecule has 0 aromatic heterocycles. The van der Waals surface area contributed by atoms with Crippen LogP contribution in [0.5, 0.6) is 11.5 Å². The van der Waals surface area contributed by atoms with E-state index in [4.69, 9.17) is 19.9 Å². The molecule has 0 saturated carbocycles. The van der Waals surface area contributed by atoms with E-state index in [0.29, 0.717) is 28.8 Å². The van der Waals surface area contributed by atoms with Gasteiger partial charge in [0.15, 0.2) is 18.1 Å². The van der Waals surface area contributed by atoms with E-state index in [9.17, 15) is 19.2 Å². The van der Waals surface area contributed by atoms with Crippen LogP contribution in [0.25, 0.3) is 6.08 Å². The van der Waals surface area contributed by atoms with Gasteiger partial charge >= 0.3 is 5.97 Å². The molecule has 27 heavy (non-hydrogen) atoms. The summed E-state index contributed by atoms with van der Waals surface area (Å²) in [6.45, 7) is 1.21. The average Bonchev–Trinajstić information content (AvgIpc) is 2.87. The van der Waals surface area contributed by atoms with Crippen LogP contribution in [0.2, 0.25) is 0 Å². The zero-order valence-corrected chi connectivity index (χ0v) is 15.5. The molecule has 9 nitrogen and oxygen atoms in total. The topological polar surface area (TPSA) is 125 Å². The van der Waals surface area contributed by atoms with Crippen LogP contribution in [-0.4, -0.2) is 54.8 Å². The molecule has 10 heteroatoms. The van der Waals surface area contributed by atoms with Gasteiger partial charge in [0.1, 0.15) is 6.54 Å². The summed E-state index contributed by atoms with van der Waals surface area (Å²) in [5.41, 5.74) is 5.61. The minimum absolute atomic E-state index is 0.156. The lowest BCUT2D eigenvalue weighted by Gasteiger charge is -2.11. The Morgan fingerprint density at radius 1 is 1.26 bits per heavy atom. The Labute approximate surface area is 159 Å². The van der Waals surface area contributed by atoms with Crippen molar-refractivity contribution in [2.45, 2.75) is 6.92 Å². The molecule has 0 atom stereocenters. The molecule has 1 saturated heterocycles. The van der Waals surface area contributed by atoms with Gasteiger partial charge in [-0.2, -0.15) is 0 Å². The summed E-state index contributed by atoms with van der Waals surface area (Å²) >= 11 is 0.713. The highest BCUT2D eigenvalue weighted by molar-refractivity contribution is 8.18. The van der Waals surface area contributed by atoms with E-state index in [0.717, 1.165) is 4.90 Å². The number of hydrogen-bond donors (Lipinski definition) is 1. The number of carbonyl (C=O) groups is 4. The lowest BCUT2D eigenvalue weighted by molar-refractivity contribution is -0.145. The number of nitrogens with zero attached hydrogens (tertiary/aromatic N) is 1. The lowest BCUT2D eigenvalue weighted by Crippen LogP contribution is -2.36. The molecule has 0 aliphatic carbocycles. The second kappa shape index (κ2) is 9.08. The van der Waals surface area contributed by atoms with Crippen molar-refractivity contribution >= 4 is 40.9 Å². The third kappa shape index (κ3) is 5.23. The third-order valence-electron chi connectivity index (χ3n) is 3.32. The smallest absolute Gasteiger partial charge is 0.344 e. The molecule has 1 aliphatic heterocycles. The monoisotopic (exact) mass is 394 g/mol. The first-order valence-corrected chi connectivity index (χ1v) is 8.67. The summed E-state index contributed by atoms with van der Waals surface area (Å²) in [6.07, 6.45) is 1.49. The van der Waals surface area contributed by atoms with E-state index in [1.807, 2.05) is 0 Å². The van der Waals surface area contributed by atoms with Crippen LogP contribution in [0.4, 0.5) is 4.79 Å². The Morgan fingerprint density at radius 3 is 2.63 bits per heavy atom. The summed E-state index contributed by atoms with van der Waals surface area (Å²) in [5, 5.41) is -0.564. The number of hydrogen-bond acceptors (Lipinski definition) is 8. The van der Waals surface area contributed by atoms with E-state index in [1.54, 1.807) is 25.1 Å². The zero-order valence-electron chi connectivity index (χ0n) is 14.7. The summed E-state index contributed by atoms with van der Waals surface area (Å²) < 4.78 is 15.4. The minimum Gasteiger partial charge on any atom is -0.493 e. The van der Waals surface area contributed by atoms with Gasteiger partial charge in [-0.05, 0) is 42.5 Å². The lowest BCUT2D eigenvalue weighted by atomic mass is 10.2. The number of amides is 3. The molecule has 1 fully saturated rings. The minimum atomic E-state index is -0.775. The van der Waals surface area contributed by atoms with Crippen molar-refractivity contribution < 1.29 is 33.4 Å². The Bertz CT molecular complexity index is 806. The molecule has 1 aromatic rings. The molecule has 1 aliphatic rings. The van der Waals surface area contributed by atoms with Crippen molar-refractivity contribution in [1.82, 2.24) is 4.90 Å². The van der Waals surface area contributed by atoms with Crippen LogP contribution in [0.1, 0.15) is 12.5 Å². The number of thioether (sulfide) groups is 1. The second-order valence-electron chi connectivity index (χ2n) is 5.24. The van der Waals surface area contributed by atoms with Gasteiger partial charge in [-0.1, -0.05) is 6.07 Å². The first-order valence-electron chi connectivity index (χ1n) is 7.85. The zero-order chi connectivity index (χ0) is 20.0. The van der Waals surface area contributed by atoms with Crippen LogP contribution in [0.15, 0.2) is 23.1 Å². The maximum atomic E-state index is 12.2. The number of benzene rings is 1. The van der Waals surface area contributed by atoms with Crippen molar-refractivity contribution in [3.63, 3.8) is 0 Å². The molecule has 0 unspecified atom stereocenters. The van der Waals surface area contributed by atoms with Gasteiger partial charge in [0.25, 0.3) is 11.1 Å². The molecule has 3 amide bonds. The molecule has 2 rings (SSSR count). The summed E-state index contributed by atoms with van der Waals surface area (Å²) in [4.78, 5) is 47.3. The second-order valence-corrected chi connectivity index (χ2v) is 6.23. The fourth-order valence-corrected chi connectivity index (χ4v) is 3.01. The van der Waals surface area contributed by atoms with Crippen molar-refractivity contribution in [2.75, 3.05) is 26.9 Å². The average molecular weight is 394 g/mol. The molecule has 1 heterocycles. The maximum absolute atomic E-state index is 12.2. The van der Waals surface area contributed by atoms with Gasteiger partial charge in [0, 0.05) is 0 Å². The Hall–Kier alpha value is -3.01. The normalized spacial score (nSPS) is 15.2. The van der Waals surface area contributed by atoms with Gasteiger partial charge < -0.3 is 19.9 Å². The fraction of sp³-hybridized carbons (Fsp3) is 0.294. The predicted octanol–water partition coefficient (Wildman–Crippen LogP) is 1.16. The SMILES string of the molecule is CCOC(=O)COc1ccc(/C=C2\SC(=O)N(CC(N)=O)C2=O)cc1OC. The van der Waals surface area contributed by atoms with Gasteiger partial charge in [-0.3, -0.25) is 19.3 Å². The van der Waals surface area contributed by atoms with Gasteiger partial charge in [0.2, 0.25) is 5.91 Å². The summed E-state index contributed by atoms with van der Waals surface area (Å²) in [5.74, 6) is -1.21. The van der Waals surface area contributed by atoms with Crippen molar-refractivity contribution in [3.8, 4) is 11.5 Å². The van der Waals surface area contributed by atoms with E-state index in [1.165, 1.54) is 13.2 Å². The quantitative estimate of drug-likeness (QED) is 0.514. The Kier molecular flexibility index (Phi) is 6.83. The van der Waals surface area contributed by atoms with Gasteiger partial charge in [-0.15, -0.1) is 0 Å². The number of methoxy groups -OCH3 is 1. The Morgan fingerprint density at radius 2 is 2.00 bits per heavy atom. The standard InChI is InChI=1S/C17H18N2O7S/c1-3-25-15(21)9-26-11-5-4-10(6-12(11)24-2)7-13-16(22)19(8-14(18)20)17(23)27-13/h4-7H,3,8-9H2,1-2H3,(H2,18,20)/b13-7-. The summed E-state index contributed by atoms with van der Waals surface area (Å²) in [6, 6.07) is 4.78. The molecule has 0 spiro atoms. The van der Waals surface area contributed by atoms with Gasteiger partial charge in [0.05, 0.1) is 18.6 Å². The maximum Gasteiger partial charge on any atom is 0.344 e. The molecule has 0 bridgehead atoms. The van der Waals surface area contributed by atoms with Crippen LogP contribution >= 0.6 is 11.8 Å². The number of esters is 1. The highest BCUT2D eigenvalue weighted by Gasteiger charge is 2.35. The number of carbonyl (C=O) groups excluding carboxylic acids is 4. The number of nitrogens with two attached hydrogens (primary N) is 1. The predicted molar refractivity (Wildman–Crippen MR) is 97.0 cm³/mol. The highest BCUT2D eigenvalue weighted by Crippen LogP contribution is 2.34. The van der Waals surface area contributed by atoms with Crippen LogP contribution in [-0.2, 0) is 19.1 Å². The summed E-state index contributed by atoms with van der Waals surface area (Å²) in [7, 11) is 1.43. The molecular weight excluding hydrogens is 376 g/mol. The highest BCUT2D eigenvalue weighted by atomic mass is 32.2. The van der Waals surface area contributed by atoms with Crippen molar-refractivity contribution in [3.05, 3.63) is 28.7 Å². The van der Waals surface area contributed by atoms with Crippen LogP contribution in [0.3, 0.4) is 0 Å². The molecular formula is C17H18N2O7S. The first-order chi connectivity index (χ1) is 12.8. The van der Waals surface area contributed by atoms with Crippen LogP contribution in [0, 0.1) is 0 Å². The number of primary amides is 1. The number of ether oxygens (including phenoxy) is 3. The van der Waals surface area contributed by atoms with E-state index < -0.39 is 29.6 Å². The van der Waals surface area contributed by atoms with E-state index in [-0.39, 0.29) is 18.1 Å². The van der Waals surface area contributed by atoms with E-state index in [2.05, 4.69) is 0 Å². The van der Waals surface area contributed by atoms with Crippen molar-refractivity contribution in [2.24, 2.45) is 5.73 Å². The largest absolute Gasteiger partial charge is 0.493 e. The number of imide groups is 1. The molecule has 0 radical (unpaired) electrons. The van der Waals surface area contributed by atoms with E-state index >= 15 is 0 Å². The van der Waals surface area contributed by atoms with Crippen LogP contribution < -0.4 is 15.2 Å². The number of rotatable bonds is 8. The van der Waals surface area contributed by atoms with Gasteiger partial charge in [-0.25, -0.2) is 4.79 Å².